The van der Waals surface area contributed by atoms with Crippen LogP contribution in [0.2, 0.25) is 0 Å². The number of unbranched alkanes of at least 4 members (excludes halogenated alkanes) is 1. The molecule has 1 saturated heterocycles. The number of benzene rings is 1. The van der Waals surface area contributed by atoms with Crippen molar-refractivity contribution in [2.45, 2.75) is 148 Å². The van der Waals surface area contributed by atoms with Gasteiger partial charge in [-0.2, -0.15) is 0 Å². The Balaban J connectivity index is 1.74. The number of hydrogen-bond donors (Lipinski definition) is 9. The molecule has 0 radical (unpaired) electrons. The van der Waals surface area contributed by atoms with E-state index < -0.39 is 82.9 Å². The third-order valence-electron chi connectivity index (χ3n) is 11.8. The first kappa shape index (κ1) is 56.8. The summed E-state index contributed by atoms with van der Waals surface area (Å²) in [6.07, 6.45) is 2.67. The minimum atomic E-state index is -1.50. The lowest BCUT2D eigenvalue weighted by Gasteiger charge is -2.31. The Hall–Kier alpha value is -6.56. The van der Waals surface area contributed by atoms with Gasteiger partial charge < -0.3 is 62.1 Å². The summed E-state index contributed by atoms with van der Waals surface area (Å²) in [4.78, 5) is 109. The van der Waals surface area contributed by atoms with Gasteiger partial charge in [-0.3, -0.25) is 24.0 Å². The molecular weight excluding hydrogens is 905 g/mol. The third-order valence-corrected chi connectivity index (χ3v) is 11.8. The molecule has 6 atom stereocenters. The van der Waals surface area contributed by atoms with Gasteiger partial charge in [0.15, 0.2) is 5.03 Å². The van der Waals surface area contributed by atoms with E-state index >= 15 is 0 Å². The number of likely N-dealkylation sites (tertiary alicyclic amines) is 1. The number of fused-ring (bicyclic) bond motifs is 1. The molecule has 384 valence electrons. The summed E-state index contributed by atoms with van der Waals surface area (Å²) in [7, 11) is 2.59. The molecule has 2 heterocycles. The van der Waals surface area contributed by atoms with Crippen molar-refractivity contribution < 1.29 is 63.0 Å². The zero-order valence-electron chi connectivity index (χ0n) is 40.5. The van der Waals surface area contributed by atoms with Crippen molar-refractivity contribution >= 4 is 47.4 Å². The number of nitro groups is 1. The number of allylic oxidation sites excluding steroid dienone is 2. The Morgan fingerprint density at radius 1 is 1.03 bits per heavy atom. The fraction of sp³-hybridized carbons (Fsp3) is 0.644. The average molecular weight is 975 g/mol. The lowest BCUT2D eigenvalue weighted by molar-refractivity contribution is -0.525. The van der Waals surface area contributed by atoms with Crippen LogP contribution in [0.3, 0.4) is 0 Å². The normalized spacial score (nSPS) is 16.9. The van der Waals surface area contributed by atoms with Gasteiger partial charge in [0.25, 0.3) is 5.96 Å². The van der Waals surface area contributed by atoms with E-state index in [4.69, 9.17) is 25.7 Å². The maximum absolute atomic E-state index is 14.4. The molecule has 5 amide bonds. The quantitative estimate of drug-likeness (QED) is 0.0108. The number of esters is 2. The Kier molecular flexibility index (Phi) is 22.6. The third kappa shape index (κ3) is 16.9. The number of guanidine groups is 1. The number of hydrazine groups is 1. The van der Waals surface area contributed by atoms with Crippen LogP contribution in [-0.2, 0) is 51.3 Å². The van der Waals surface area contributed by atoms with E-state index in [0.29, 0.717) is 48.1 Å². The number of phenols is 1. The number of aliphatic imine (C=N–C) groups is 1. The summed E-state index contributed by atoms with van der Waals surface area (Å²) in [5.41, 5.74) is 15.6. The van der Waals surface area contributed by atoms with Crippen molar-refractivity contribution in [2.75, 3.05) is 33.9 Å². The lowest BCUT2D eigenvalue weighted by atomic mass is 9.94. The first-order valence-electron chi connectivity index (χ1n) is 23.1. The van der Waals surface area contributed by atoms with Crippen LogP contribution < -0.4 is 42.9 Å². The molecule has 1 fully saturated rings. The fourth-order valence-corrected chi connectivity index (χ4v) is 8.10. The predicted molar refractivity (Wildman–Crippen MR) is 250 cm³/mol. The van der Waals surface area contributed by atoms with Crippen molar-refractivity contribution in [1.82, 2.24) is 31.6 Å². The number of amides is 5. The van der Waals surface area contributed by atoms with Gasteiger partial charge in [0.2, 0.25) is 29.5 Å². The Labute approximate surface area is 401 Å². The molecule has 0 saturated carbocycles. The summed E-state index contributed by atoms with van der Waals surface area (Å²) in [6.45, 7) is 9.08. The van der Waals surface area contributed by atoms with Gasteiger partial charge in [0.05, 0.1) is 26.4 Å². The van der Waals surface area contributed by atoms with Crippen LogP contribution in [0.15, 0.2) is 16.6 Å². The molecule has 2 aliphatic heterocycles. The number of nitrogens with zero attached hydrogens (tertiary/aromatic N) is 3. The van der Waals surface area contributed by atoms with E-state index in [1.807, 2.05) is 13.8 Å². The van der Waals surface area contributed by atoms with Crippen molar-refractivity contribution in [3.63, 3.8) is 0 Å². The lowest BCUT2D eigenvalue weighted by Crippen LogP contribution is -2.59. The SMILES string of the molecule is COC(=O)[C@H](CCCN=C(N)N[N+](=O)[O-])NC(=O)[C@@H]1CCCN1C(=O)[C@H](CCCCNC(=O)[C@@H](N)CC(C)C)NC(=O)[C@@H](NC(=O)CC/C(C)=C/Cc1c(O)c2c(c(C)c1OC)COC2=O)[C@@H](C)O. The number of aromatic hydroxyl groups is 1. The average Bonchev–Trinajstić information content (AvgIpc) is 3.95. The molecule has 1 aromatic carbocycles. The van der Waals surface area contributed by atoms with E-state index in [0.717, 1.165) is 12.7 Å². The number of hydrogen-bond acceptors (Lipinski definition) is 16. The van der Waals surface area contributed by atoms with Gasteiger partial charge in [-0.05, 0) is 96.5 Å². The van der Waals surface area contributed by atoms with Crippen LogP contribution in [-0.4, -0.2) is 138 Å². The molecule has 0 aromatic heterocycles. The van der Waals surface area contributed by atoms with Crippen LogP contribution in [0, 0.1) is 23.0 Å². The molecule has 3 rings (SSSR count). The van der Waals surface area contributed by atoms with Crippen molar-refractivity contribution in [2.24, 2.45) is 22.4 Å². The van der Waals surface area contributed by atoms with Gasteiger partial charge in [-0.15, -0.1) is 0 Å². The minimum Gasteiger partial charge on any atom is -0.507 e. The Bertz CT molecular complexity index is 2090. The molecule has 2 aliphatic rings. The van der Waals surface area contributed by atoms with Crippen molar-refractivity contribution in [3.05, 3.63) is 44.0 Å². The molecule has 1 aromatic rings. The maximum atomic E-state index is 14.4. The predicted octanol–water partition coefficient (Wildman–Crippen LogP) is 0.184. The van der Waals surface area contributed by atoms with E-state index in [1.165, 1.54) is 18.9 Å². The highest BCUT2D eigenvalue weighted by molar-refractivity contribution is 5.98. The number of nitrogens with two attached hydrogens (primary N) is 2. The van der Waals surface area contributed by atoms with Crippen LogP contribution >= 0.6 is 0 Å². The second kappa shape index (κ2) is 27.4. The van der Waals surface area contributed by atoms with Crippen molar-refractivity contribution in [1.29, 1.82) is 0 Å². The Morgan fingerprint density at radius 3 is 2.36 bits per heavy atom. The van der Waals surface area contributed by atoms with Gasteiger partial charge in [-0.1, -0.05) is 30.9 Å². The smallest absolute Gasteiger partial charge is 0.342 e. The highest BCUT2D eigenvalue weighted by atomic mass is 16.7. The number of aliphatic hydroxyl groups excluding tert-OH is 1. The number of aliphatic hydroxyl groups is 1. The monoisotopic (exact) mass is 975 g/mol. The first-order chi connectivity index (χ1) is 32.6. The maximum Gasteiger partial charge on any atom is 0.342 e. The molecule has 0 spiro atoms. The zero-order chi connectivity index (χ0) is 51.5. The second-order valence-corrected chi connectivity index (χ2v) is 17.6. The topological polar surface area (TPSA) is 359 Å². The van der Waals surface area contributed by atoms with E-state index in [2.05, 4.69) is 26.3 Å². The molecule has 0 unspecified atom stereocenters. The van der Waals surface area contributed by atoms with E-state index in [1.54, 1.807) is 25.3 Å². The highest BCUT2D eigenvalue weighted by Crippen LogP contribution is 2.42. The number of cyclic esters (lactones) is 1. The molecule has 24 heteroatoms. The number of phenolic OH excluding ortho intramolecular Hbond substituents is 1. The molecule has 11 N–H and O–H groups in total. The summed E-state index contributed by atoms with van der Waals surface area (Å²) in [6, 6.07) is -5.67. The number of carbonyl (C=O) groups is 7. The number of carbonyl (C=O) groups excluding carboxylic acids is 7. The van der Waals surface area contributed by atoms with Gasteiger partial charge in [0.1, 0.15) is 47.8 Å². The summed E-state index contributed by atoms with van der Waals surface area (Å²) >= 11 is 0. The molecule has 0 bridgehead atoms. The largest absolute Gasteiger partial charge is 0.507 e. The minimum absolute atomic E-state index is 0.0161. The number of nitrogens with one attached hydrogen (secondary N) is 5. The fourth-order valence-electron chi connectivity index (χ4n) is 8.10. The number of rotatable bonds is 27. The van der Waals surface area contributed by atoms with Gasteiger partial charge in [-0.25, -0.2) is 24.7 Å². The molecular formula is C45H70N10O14. The molecule has 0 aliphatic carbocycles. The van der Waals surface area contributed by atoms with E-state index in [-0.39, 0.29) is 94.3 Å². The van der Waals surface area contributed by atoms with E-state index in [9.17, 15) is 53.9 Å². The highest BCUT2D eigenvalue weighted by Gasteiger charge is 2.40. The molecule has 69 heavy (non-hydrogen) atoms. The first-order valence-corrected chi connectivity index (χ1v) is 23.1. The Morgan fingerprint density at radius 2 is 1.72 bits per heavy atom. The van der Waals surface area contributed by atoms with Crippen LogP contribution in [0.5, 0.6) is 11.5 Å². The molecule has 24 nitrogen and oxygen atoms in total. The van der Waals surface area contributed by atoms with Crippen LogP contribution in [0.4, 0.5) is 0 Å². The summed E-state index contributed by atoms with van der Waals surface area (Å²) < 4.78 is 15.5. The summed E-state index contributed by atoms with van der Waals surface area (Å²) in [5, 5.41) is 42.1. The second-order valence-electron chi connectivity index (χ2n) is 17.6. The van der Waals surface area contributed by atoms with Crippen LogP contribution in [0.25, 0.3) is 0 Å². The summed E-state index contributed by atoms with van der Waals surface area (Å²) in [5.74, 6) is -4.56. The van der Waals surface area contributed by atoms with Crippen LogP contribution in [0.1, 0.15) is 119 Å². The van der Waals surface area contributed by atoms with Crippen molar-refractivity contribution in [3.8, 4) is 11.5 Å². The standard InChI is InChI=1S/C45H70N10O14/c1-24(2)22-30(46)39(59)48-19-9-8-12-31(42(62)54-21-11-14-33(54)40(60)51-32(43(63)68-7)13-10-20-49-45(47)53-55(65)66)50-41(61)36(27(5)56)52-34(57)18-16-25(3)15-17-28-37(58)35-29(23-69-44(35)64)26(4)38(28)67-6/h15,24,27,30-33,36,56,58H,8-14,16-23,46H2,1-7H3,(H,48,59)(H,50,61)(H,51,60)(H,52,57)(H3,47,49,53)/b25-15+/t27-,30+,31+,32+,33+,36+/m1/s1. The van der Waals surface area contributed by atoms with Gasteiger partial charge in [0, 0.05) is 37.2 Å². The zero-order valence-corrected chi connectivity index (χ0v) is 40.5. The number of ether oxygens (including phenoxy) is 3. The number of methoxy groups -OCH3 is 2. The van der Waals surface area contributed by atoms with Gasteiger partial charge >= 0.3 is 11.9 Å².